The number of hydrogen-bond acceptors (Lipinski definition) is 5. The third-order valence-corrected chi connectivity index (χ3v) is 5.37. The molecule has 0 saturated carbocycles. The highest BCUT2D eigenvalue weighted by Crippen LogP contribution is 2.43. The van der Waals surface area contributed by atoms with Crippen molar-refractivity contribution in [2.75, 3.05) is 7.11 Å². The molecule has 1 aliphatic rings. The van der Waals surface area contributed by atoms with E-state index in [4.69, 9.17) is 4.74 Å². The average Bonchev–Trinajstić information content (AvgIpc) is 3.04. The number of pyridine rings is 1. The van der Waals surface area contributed by atoms with Crippen LogP contribution in [-0.2, 0) is 16.1 Å². The summed E-state index contributed by atoms with van der Waals surface area (Å²) in [5.41, 5.74) is 2.95. The molecule has 1 atom stereocenters. The highest BCUT2D eigenvalue weighted by atomic mass is 16.5. The number of carbonyl (C=O) groups is 2. The molecule has 1 N–H and O–H groups in total. The van der Waals surface area contributed by atoms with E-state index in [1.807, 2.05) is 37.3 Å². The van der Waals surface area contributed by atoms with Gasteiger partial charge in [-0.05, 0) is 24.6 Å². The van der Waals surface area contributed by atoms with Crippen molar-refractivity contribution in [1.29, 1.82) is 0 Å². The van der Waals surface area contributed by atoms with Crippen molar-refractivity contribution in [2.24, 2.45) is 0 Å². The van der Waals surface area contributed by atoms with E-state index < -0.39 is 17.7 Å². The van der Waals surface area contributed by atoms with Crippen LogP contribution in [0.3, 0.4) is 0 Å². The fourth-order valence-corrected chi connectivity index (χ4v) is 3.81. The molecule has 0 spiro atoms. The summed E-state index contributed by atoms with van der Waals surface area (Å²) >= 11 is 0. The van der Waals surface area contributed by atoms with Gasteiger partial charge >= 0.3 is 0 Å². The molecule has 1 fully saturated rings. The number of hydrogen-bond donors (Lipinski definition) is 1. The van der Waals surface area contributed by atoms with Gasteiger partial charge in [-0.25, -0.2) is 0 Å². The predicted molar refractivity (Wildman–Crippen MR) is 116 cm³/mol. The van der Waals surface area contributed by atoms with E-state index in [1.165, 1.54) is 12.0 Å². The van der Waals surface area contributed by atoms with Gasteiger partial charge in [0.15, 0.2) is 0 Å². The number of methoxy groups -OCH3 is 1. The van der Waals surface area contributed by atoms with E-state index in [-0.39, 0.29) is 17.9 Å². The Morgan fingerprint density at radius 3 is 2.48 bits per heavy atom. The number of para-hydroxylation sites is 1. The van der Waals surface area contributed by atoms with Crippen LogP contribution in [0.5, 0.6) is 5.75 Å². The summed E-state index contributed by atoms with van der Waals surface area (Å²) < 4.78 is 5.51. The number of carbonyl (C=O) groups excluding carboxylic acids is 2. The number of aromatic nitrogens is 1. The lowest BCUT2D eigenvalue weighted by Crippen LogP contribution is -2.29. The predicted octanol–water partition coefficient (Wildman–Crippen LogP) is 4.02. The summed E-state index contributed by atoms with van der Waals surface area (Å²) in [4.78, 5) is 31.7. The molecule has 1 aromatic heterocycles. The molecule has 1 saturated heterocycles. The minimum Gasteiger partial charge on any atom is -0.507 e. The van der Waals surface area contributed by atoms with Crippen LogP contribution < -0.4 is 4.74 Å². The van der Waals surface area contributed by atoms with Crippen molar-refractivity contribution in [3.8, 4) is 5.75 Å². The number of rotatable bonds is 5. The molecule has 2 aromatic carbocycles. The monoisotopic (exact) mass is 414 g/mol. The van der Waals surface area contributed by atoms with E-state index >= 15 is 0 Å². The number of ether oxygens (including phenoxy) is 1. The Morgan fingerprint density at radius 1 is 1.06 bits per heavy atom. The van der Waals surface area contributed by atoms with Crippen molar-refractivity contribution in [3.05, 3.63) is 101 Å². The molecule has 6 nitrogen and oxygen atoms in total. The van der Waals surface area contributed by atoms with Crippen molar-refractivity contribution in [2.45, 2.75) is 19.5 Å². The maximum absolute atomic E-state index is 13.1. The zero-order chi connectivity index (χ0) is 22.0. The highest BCUT2D eigenvalue weighted by Gasteiger charge is 2.47. The number of nitrogens with zero attached hydrogens (tertiary/aromatic N) is 2. The highest BCUT2D eigenvalue weighted by molar-refractivity contribution is 6.46. The lowest BCUT2D eigenvalue weighted by molar-refractivity contribution is -0.140. The molecular formula is C25H22N2O4. The van der Waals surface area contributed by atoms with Crippen molar-refractivity contribution in [3.63, 3.8) is 0 Å². The zero-order valence-electron chi connectivity index (χ0n) is 17.3. The number of aliphatic hydroxyl groups excluding tert-OH is 1. The summed E-state index contributed by atoms with van der Waals surface area (Å²) in [7, 11) is 1.53. The minimum atomic E-state index is -0.794. The largest absolute Gasteiger partial charge is 0.507 e. The van der Waals surface area contributed by atoms with Crippen LogP contribution in [-0.4, -0.2) is 33.8 Å². The Balaban J connectivity index is 1.90. The molecule has 0 radical (unpaired) electrons. The lowest BCUT2D eigenvalue weighted by atomic mass is 9.94. The van der Waals surface area contributed by atoms with Crippen LogP contribution in [0.25, 0.3) is 5.76 Å². The SMILES string of the molecule is COc1ccccc1C1C(=C(O)c2ccc(C)cc2)C(=O)C(=O)N1Cc1cccnc1. The van der Waals surface area contributed by atoms with E-state index in [1.54, 1.807) is 42.7 Å². The van der Waals surface area contributed by atoms with Gasteiger partial charge < -0.3 is 14.7 Å². The molecule has 1 amide bonds. The Bertz CT molecular complexity index is 1150. The number of benzene rings is 2. The maximum Gasteiger partial charge on any atom is 0.295 e. The normalized spacial score (nSPS) is 17.7. The second kappa shape index (κ2) is 8.44. The maximum atomic E-state index is 13.1. The first-order valence-electron chi connectivity index (χ1n) is 9.88. The number of likely N-dealkylation sites (tertiary alicyclic amines) is 1. The van der Waals surface area contributed by atoms with Gasteiger partial charge in [-0.15, -0.1) is 0 Å². The summed E-state index contributed by atoms with van der Waals surface area (Å²) in [6, 6.07) is 17.2. The van der Waals surface area contributed by atoms with Crippen molar-refractivity contribution < 1.29 is 19.4 Å². The van der Waals surface area contributed by atoms with E-state index in [0.29, 0.717) is 16.9 Å². The van der Waals surface area contributed by atoms with Crippen LogP contribution >= 0.6 is 0 Å². The fraction of sp³-hybridized carbons (Fsp3) is 0.160. The van der Waals surface area contributed by atoms with Gasteiger partial charge in [0.2, 0.25) is 0 Å². The molecule has 31 heavy (non-hydrogen) atoms. The van der Waals surface area contributed by atoms with Gasteiger partial charge in [-0.3, -0.25) is 14.6 Å². The van der Waals surface area contributed by atoms with Gasteiger partial charge in [-0.1, -0.05) is 54.1 Å². The first-order valence-corrected chi connectivity index (χ1v) is 9.88. The van der Waals surface area contributed by atoms with E-state index in [9.17, 15) is 14.7 Å². The topological polar surface area (TPSA) is 79.7 Å². The van der Waals surface area contributed by atoms with E-state index in [0.717, 1.165) is 11.1 Å². The second-order valence-electron chi connectivity index (χ2n) is 7.40. The number of amides is 1. The number of aryl methyl sites for hydroxylation is 1. The number of ketones is 1. The molecule has 0 bridgehead atoms. The van der Waals surface area contributed by atoms with Crippen LogP contribution in [0.4, 0.5) is 0 Å². The Kier molecular flexibility index (Phi) is 5.54. The zero-order valence-corrected chi connectivity index (χ0v) is 17.3. The van der Waals surface area contributed by atoms with Crippen molar-refractivity contribution >= 4 is 17.4 Å². The van der Waals surface area contributed by atoms with E-state index in [2.05, 4.69) is 4.98 Å². The summed E-state index contributed by atoms with van der Waals surface area (Å²) in [5, 5.41) is 11.1. The average molecular weight is 414 g/mol. The van der Waals surface area contributed by atoms with Crippen LogP contribution in [0.15, 0.2) is 78.6 Å². The van der Waals surface area contributed by atoms with Gasteiger partial charge in [0, 0.05) is 30.1 Å². The van der Waals surface area contributed by atoms with Crippen molar-refractivity contribution in [1.82, 2.24) is 9.88 Å². The molecule has 0 aliphatic carbocycles. The number of Topliss-reactive ketones (excluding diaryl/α,β-unsaturated/α-hetero) is 1. The third-order valence-electron chi connectivity index (χ3n) is 5.37. The quantitative estimate of drug-likeness (QED) is 0.388. The summed E-state index contributed by atoms with van der Waals surface area (Å²) in [6.07, 6.45) is 3.30. The molecule has 156 valence electrons. The summed E-state index contributed by atoms with van der Waals surface area (Å²) in [6.45, 7) is 2.11. The summed E-state index contributed by atoms with van der Waals surface area (Å²) in [5.74, 6) is -1.07. The molecule has 1 unspecified atom stereocenters. The van der Waals surface area contributed by atoms with Crippen LogP contribution in [0.2, 0.25) is 0 Å². The fourth-order valence-electron chi connectivity index (χ4n) is 3.81. The first kappa shape index (κ1) is 20.3. The minimum absolute atomic E-state index is 0.0437. The van der Waals surface area contributed by atoms with Gasteiger partial charge in [-0.2, -0.15) is 0 Å². The molecule has 1 aliphatic heterocycles. The molecule has 6 heteroatoms. The standard InChI is InChI=1S/C25H22N2O4/c1-16-9-11-18(12-10-16)23(28)21-22(19-7-3-4-8-20(19)31-2)27(25(30)24(21)29)15-17-6-5-13-26-14-17/h3-14,22,28H,15H2,1-2H3. The van der Waals surface area contributed by atoms with Gasteiger partial charge in [0.25, 0.3) is 11.7 Å². The molecule has 4 rings (SSSR count). The van der Waals surface area contributed by atoms with Crippen LogP contribution in [0, 0.1) is 6.92 Å². The second-order valence-corrected chi connectivity index (χ2v) is 7.40. The van der Waals surface area contributed by atoms with Gasteiger partial charge in [0.05, 0.1) is 18.7 Å². The smallest absolute Gasteiger partial charge is 0.295 e. The third kappa shape index (κ3) is 3.80. The van der Waals surface area contributed by atoms with Gasteiger partial charge in [0.1, 0.15) is 11.5 Å². The first-order chi connectivity index (χ1) is 15.0. The molecular weight excluding hydrogens is 392 g/mol. The lowest BCUT2D eigenvalue weighted by Gasteiger charge is -2.26. The molecule has 3 aromatic rings. The molecule has 2 heterocycles. The van der Waals surface area contributed by atoms with Crippen LogP contribution in [0.1, 0.15) is 28.3 Å². The Labute approximate surface area is 180 Å². The Hall–Kier alpha value is -3.93. The number of aliphatic hydroxyl groups is 1. The Morgan fingerprint density at radius 2 is 1.81 bits per heavy atom.